The summed E-state index contributed by atoms with van der Waals surface area (Å²) in [7, 11) is 0. The first-order chi connectivity index (χ1) is 9.51. The van der Waals surface area contributed by atoms with Crippen LogP contribution in [0, 0.1) is 20.2 Å². The third-order valence-corrected chi connectivity index (χ3v) is 3.23. The quantitative estimate of drug-likeness (QED) is 0.536. The van der Waals surface area contributed by atoms with Gasteiger partial charge in [-0.1, -0.05) is 19.8 Å². The van der Waals surface area contributed by atoms with E-state index in [4.69, 9.17) is 0 Å². The van der Waals surface area contributed by atoms with Crippen molar-refractivity contribution < 1.29 is 15.0 Å². The topological polar surface area (TPSA) is 106 Å². The molecule has 1 rings (SSSR count). The lowest BCUT2D eigenvalue weighted by molar-refractivity contribution is -0.394. The van der Waals surface area contributed by atoms with E-state index in [0.29, 0.717) is 18.4 Å². The van der Waals surface area contributed by atoms with E-state index >= 15 is 0 Å². The van der Waals surface area contributed by atoms with Gasteiger partial charge in [-0.15, -0.1) is 0 Å². The number of benzene rings is 1. The number of nitro groups is 2. The number of hydrogen-bond acceptors (Lipinski definition) is 4. The monoisotopic (exact) mass is 281 g/mol. The summed E-state index contributed by atoms with van der Waals surface area (Å²) in [4.78, 5) is 20.5. The Hall–Kier alpha value is -2.02. The molecule has 7 heteroatoms. The van der Waals surface area contributed by atoms with Gasteiger partial charge in [-0.2, -0.15) is 0 Å². The summed E-state index contributed by atoms with van der Waals surface area (Å²) in [6.45, 7) is 1.68. The van der Waals surface area contributed by atoms with Crippen molar-refractivity contribution in [2.75, 3.05) is 6.61 Å². The van der Waals surface area contributed by atoms with E-state index < -0.39 is 9.85 Å². The van der Waals surface area contributed by atoms with E-state index in [1.165, 1.54) is 12.1 Å². The highest BCUT2D eigenvalue weighted by molar-refractivity contribution is 5.50. The number of nitro benzene ring substituents is 2. The molecule has 0 aliphatic carbocycles. The Bertz CT molecular complexity index is 490. The molecule has 0 aliphatic heterocycles. The highest BCUT2D eigenvalue weighted by atomic mass is 16.6. The zero-order valence-corrected chi connectivity index (χ0v) is 11.3. The second kappa shape index (κ2) is 7.54. The van der Waals surface area contributed by atoms with Crippen LogP contribution in [-0.4, -0.2) is 16.5 Å². The molecular weight excluding hydrogens is 264 g/mol. The average Bonchev–Trinajstić information content (AvgIpc) is 2.42. The van der Waals surface area contributed by atoms with E-state index in [9.17, 15) is 25.3 Å². The van der Waals surface area contributed by atoms with Gasteiger partial charge in [0.2, 0.25) is 0 Å². The van der Waals surface area contributed by atoms with Crippen LogP contribution in [0.3, 0.4) is 0 Å². The third kappa shape index (κ3) is 3.99. The third-order valence-electron chi connectivity index (χ3n) is 3.23. The van der Waals surface area contributed by atoms with Crippen LogP contribution in [0.15, 0.2) is 18.2 Å². The molecule has 0 amide bonds. The van der Waals surface area contributed by atoms with Crippen LogP contribution >= 0.6 is 0 Å². The van der Waals surface area contributed by atoms with Gasteiger partial charge in [0, 0.05) is 11.6 Å². The van der Waals surface area contributed by atoms with Crippen molar-refractivity contribution >= 4 is 11.4 Å². The first-order valence-electron chi connectivity index (χ1n) is 6.52. The summed E-state index contributed by atoms with van der Waals surface area (Å²) in [5.74, 6) is -0.214. The lowest BCUT2D eigenvalue weighted by Crippen LogP contribution is -2.06. The van der Waals surface area contributed by atoms with Gasteiger partial charge in [-0.3, -0.25) is 20.2 Å². The molecule has 0 aliphatic rings. The summed E-state index contributed by atoms with van der Waals surface area (Å²) >= 11 is 0. The minimum atomic E-state index is -0.661. The van der Waals surface area contributed by atoms with Crippen LogP contribution in [0.2, 0.25) is 0 Å². The molecule has 109 valence electrons. The van der Waals surface area contributed by atoms with Gasteiger partial charge in [0.25, 0.3) is 11.4 Å². The summed E-state index contributed by atoms with van der Waals surface area (Å²) in [6, 6.07) is 3.64. The number of hydrogen-bond donors (Lipinski definition) is 0. The number of rotatable bonds is 8. The molecule has 0 fully saturated rings. The standard InChI is InChI=1S/C13H17N2O5/c1-2-3-4-10(7-8-16)12-6-5-11(14(17)18)9-13(12)15(19)20/h5-6,9-10H,2-4,7-8H2,1H3. The molecule has 1 radical (unpaired) electrons. The van der Waals surface area contributed by atoms with Gasteiger partial charge >= 0.3 is 0 Å². The first-order valence-corrected chi connectivity index (χ1v) is 6.52. The highest BCUT2D eigenvalue weighted by Crippen LogP contribution is 2.34. The maximum atomic E-state index is 11.1. The minimum absolute atomic E-state index is 0.214. The Morgan fingerprint density at radius 2 is 1.85 bits per heavy atom. The Morgan fingerprint density at radius 3 is 2.35 bits per heavy atom. The molecule has 0 bridgehead atoms. The molecule has 0 saturated heterocycles. The van der Waals surface area contributed by atoms with Crippen molar-refractivity contribution in [3.63, 3.8) is 0 Å². The molecular formula is C13H17N2O5. The van der Waals surface area contributed by atoms with Gasteiger partial charge in [-0.05, 0) is 24.8 Å². The maximum Gasteiger partial charge on any atom is 0.279 e. The lowest BCUT2D eigenvalue weighted by Gasteiger charge is -2.15. The van der Waals surface area contributed by atoms with E-state index in [1.807, 2.05) is 6.92 Å². The van der Waals surface area contributed by atoms with E-state index in [2.05, 4.69) is 0 Å². The minimum Gasteiger partial charge on any atom is -0.258 e. The maximum absolute atomic E-state index is 11.1. The Morgan fingerprint density at radius 1 is 1.15 bits per heavy atom. The van der Waals surface area contributed by atoms with Crippen LogP contribution in [-0.2, 0) is 5.11 Å². The molecule has 1 aromatic rings. The number of non-ortho nitro benzene ring substituents is 1. The number of unbranched alkanes of at least 4 members (excludes halogenated alkanes) is 1. The fourth-order valence-electron chi connectivity index (χ4n) is 2.20. The molecule has 1 atom stereocenters. The van der Waals surface area contributed by atoms with Crippen LogP contribution in [0.25, 0.3) is 0 Å². The molecule has 0 aromatic heterocycles. The van der Waals surface area contributed by atoms with Crippen molar-refractivity contribution in [3.8, 4) is 0 Å². The summed E-state index contributed by atoms with van der Waals surface area (Å²) < 4.78 is 0. The van der Waals surface area contributed by atoms with Crippen molar-refractivity contribution in [1.29, 1.82) is 0 Å². The largest absolute Gasteiger partial charge is 0.279 e. The smallest absolute Gasteiger partial charge is 0.258 e. The van der Waals surface area contributed by atoms with Gasteiger partial charge in [0.15, 0.2) is 0 Å². The molecule has 0 N–H and O–H groups in total. The van der Waals surface area contributed by atoms with E-state index in [1.54, 1.807) is 0 Å². The molecule has 0 spiro atoms. The Balaban J connectivity index is 3.18. The second-order valence-corrected chi connectivity index (χ2v) is 4.59. The van der Waals surface area contributed by atoms with Gasteiger partial charge < -0.3 is 0 Å². The summed E-state index contributed by atoms with van der Waals surface area (Å²) in [5.41, 5.74) is -0.157. The van der Waals surface area contributed by atoms with Crippen molar-refractivity contribution in [2.45, 2.75) is 38.5 Å². The molecule has 20 heavy (non-hydrogen) atoms. The van der Waals surface area contributed by atoms with Crippen molar-refractivity contribution in [3.05, 3.63) is 44.0 Å². The molecule has 1 unspecified atom stereocenters. The van der Waals surface area contributed by atoms with E-state index in [0.717, 1.165) is 18.9 Å². The molecule has 7 nitrogen and oxygen atoms in total. The fraction of sp³-hybridized carbons (Fsp3) is 0.538. The van der Waals surface area contributed by atoms with Gasteiger partial charge in [0.05, 0.1) is 22.5 Å². The van der Waals surface area contributed by atoms with Crippen molar-refractivity contribution in [1.82, 2.24) is 0 Å². The van der Waals surface area contributed by atoms with E-state index in [-0.39, 0.29) is 23.9 Å². The highest BCUT2D eigenvalue weighted by Gasteiger charge is 2.24. The molecule has 0 saturated carbocycles. The van der Waals surface area contributed by atoms with Crippen LogP contribution in [0.4, 0.5) is 11.4 Å². The average molecular weight is 281 g/mol. The molecule has 1 aromatic carbocycles. The van der Waals surface area contributed by atoms with Gasteiger partial charge in [0.1, 0.15) is 0 Å². The Labute approximate surface area is 116 Å². The molecule has 0 heterocycles. The zero-order valence-electron chi connectivity index (χ0n) is 11.3. The van der Waals surface area contributed by atoms with Crippen LogP contribution in [0.1, 0.15) is 44.1 Å². The van der Waals surface area contributed by atoms with Crippen LogP contribution < -0.4 is 0 Å². The first kappa shape index (κ1) is 16.0. The predicted octanol–water partition coefficient (Wildman–Crippen LogP) is 3.60. The number of nitrogens with zero attached hydrogens (tertiary/aromatic N) is 2. The van der Waals surface area contributed by atoms with Crippen LogP contribution in [0.5, 0.6) is 0 Å². The van der Waals surface area contributed by atoms with Gasteiger partial charge in [-0.25, -0.2) is 5.11 Å². The normalized spacial score (nSPS) is 12.1. The summed E-state index contributed by atoms with van der Waals surface area (Å²) in [5, 5.41) is 32.6. The summed E-state index contributed by atoms with van der Waals surface area (Å²) in [6.07, 6.45) is 2.77. The SMILES string of the molecule is CCCCC(CC[O])c1ccc([N+](=O)[O-])cc1[N+](=O)[O-]. The fourth-order valence-corrected chi connectivity index (χ4v) is 2.20. The van der Waals surface area contributed by atoms with Crippen molar-refractivity contribution in [2.24, 2.45) is 0 Å². The lowest BCUT2D eigenvalue weighted by atomic mass is 9.89. The second-order valence-electron chi connectivity index (χ2n) is 4.59. The Kier molecular flexibility index (Phi) is 6.05. The predicted molar refractivity (Wildman–Crippen MR) is 72.2 cm³/mol. The zero-order chi connectivity index (χ0) is 15.1.